The van der Waals surface area contributed by atoms with Gasteiger partial charge in [-0.1, -0.05) is 33.3 Å². The summed E-state index contributed by atoms with van der Waals surface area (Å²) in [5.74, 6) is -1.64. The van der Waals surface area contributed by atoms with Gasteiger partial charge < -0.3 is 19.0 Å². The van der Waals surface area contributed by atoms with Crippen molar-refractivity contribution >= 4 is 17.7 Å². The number of ketones is 1. The van der Waals surface area contributed by atoms with Crippen molar-refractivity contribution in [3.63, 3.8) is 0 Å². The highest BCUT2D eigenvalue weighted by Gasteiger charge is 2.67. The van der Waals surface area contributed by atoms with E-state index in [4.69, 9.17) is 13.9 Å². The van der Waals surface area contributed by atoms with Crippen molar-refractivity contribution in [1.82, 2.24) is 0 Å². The summed E-state index contributed by atoms with van der Waals surface area (Å²) in [4.78, 5) is 39.1. The number of aliphatic hydroxyl groups is 1. The molecule has 7 heteroatoms. The highest BCUT2D eigenvalue weighted by Crippen LogP contribution is 2.67. The number of rotatable bonds is 3. The van der Waals surface area contributed by atoms with E-state index in [1.165, 1.54) is 7.11 Å². The number of methoxy groups -OCH3 is 1. The van der Waals surface area contributed by atoms with Gasteiger partial charge in [-0.15, -0.1) is 0 Å². The number of carbonyl (C=O) groups is 3. The van der Waals surface area contributed by atoms with E-state index in [0.717, 1.165) is 29.6 Å². The monoisotopic (exact) mass is 470 g/mol. The number of aliphatic hydroxyl groups excluding tert-OH is 1. The predicted octanol–water partition coefficient (Wildman–Crippen LogP) is 4.16. The van der Waals surface area contributed by atoms with Crippen LogP contribution in [0.4, 0.5) is 0 Å². The van der Waals surface area contributed by atoms with Gasteiger partial charge in [0.05, 0.1) is 32.2 Å². The first-order valence-electron chi connectivity index (χ1n) is 12.2. The molecule has 0 unspecified atom stereocenters. The number of carbonyl (C=O) groups excluding carboxylic acids is 3. The SMILES string of the molecule is COC(=O)C[C@@H]1C(C)(C)[C@H](O)[C@@H]2CC3=C4CC(=O)O[C@@H](c5ccoc5)[C@]4(C)CC[C@H]3[C@@]1(C)C2=O. The lowest BCUT2D eigenvalue weighted by Crippen LogP contribution is -2.66. The van der Waals surface area contributed by atoms with Crippen molar-refractivity contribution in [3.8, 4) is 0 Å². The predicted molar refractivity (Wildman–Crippen MR) is 121 cm³/mol. The molecule has 0 aromatic carbocycles. The number of fused-ring (bicyclic) bond motifs is 5. The molecule has 7 atom stereocenters. The van der Waals surface area contributed by atoms with Crippen LogP contribution in [0.2, 0.25) is 0 Å². The minimum atomic E-state index is -0.884. The van der Waals surface area contributed by atoms with Crippen LogP contribution in [0, 0.1) is 34.0 Å². The Labute approximate surface area is 199 Å². The molecule has 0 radical (unpaired) electrons. The molecule has 3 fully saturated rings. The molecule has 0 amide bonds. The topological polar surface area (TPSA) is 103 Å². The van der Waals surface area contributed by atoms with Crippen LogP contribution >= 0.6 is 0 Å². The molecule has 7 nitrogen and oxygen atoms in total. The molecule has 184 valence electrons. The molecule has 1 saturated heterocycles. The average Bonchev–Trinajstić information content (AvgIpc) is 3.32. The highest BCUT2D eigenvalue weighted by molar-refractivity contribution is 5.92. The van der Waals surface area contributed by atoms with Gasteiger partial charge in [-0.2, -0.15) is 0 Å². The van der Waals surface area contributed by atoms with Crippen molar-refractivity contribution in [2.24, 2.45) is 34.0 Å². The lowest BCUT2D eigenvalue weighted by molar-refractivity contribution is -0.186. The van der Waals surface area contributed by atoms with Gasteiger partial charge >= 0.3 is 11.9 Å². The number of ether oxygens (including phenoxy) is 2. The fourth-order valence-corrected chi connectivity index (χ4v) is 7.98. The molecule has 2 heterocycles. The van der Waals surface area contributed by atoms with Gasteiger partial charge in [-0.25, -0.2) is 0 Å². The van der Waals surface area contributed by atoms with Crippen LogP contribution < -0.4 is 0 Å². The van der Waals surface area contributed by atoms with E-state index in [1.807, 2.05) is 26.8 Å². The quantitative estimate of drug-likeness (QED) is 0.523. The summed E-state index contributed by atoms with van der Waals surface area (Å²) >= 11 is 0. The van der Waals surface area contributed by atoms with Crippen molar-refractivity contribution in [2.75, 3.05) is 7.11 Å². The summed E-state index contributed by atoms with van der Waals surface area (Å²) in [6.45, 7) is 8.03. The lowest BCUT2D eigenvalue weighted by atomic mass is 9.40. The van der Waals surface area contributed by atoms with E-state index in [0.29, 0.717) is 6.42 Å². The van der Waals surface area contributed by atoms with Crippen molar-refractivity contribution in [3.05, 3.63) is 35.3 Å². The molecule has 0 spiro atoms. The van der Waals surface area contributed by atoms with Crippen LogP contribution in [0.3, 0.4) is 0 Å². The van der Waals surface area contributed by atoms with E-state index in [9.17, 15) is 19.5 Å². The van der Waals surface area contributed by atoms with Crippen LogP contribution in [-0.2, 0) is 23.9 Å². The van der Waals surface area contributed by atoms with Gasteiger partial charge in [-0.05, 0) is 48.2 Å². The molecular weight excluding hydrogens is 436 g/mol. The van der Waals surface area contributed by atoms with Gasteiger partial charge in [-0.3, -0.25) is 14.4 Å². The zero-order chi connectivity index (χ0) is 24.6. The minimum absolute atomic E-state index is 0.0379. The van der Waals surface area contributed by atoms with Crippen molar-refractivity contribution < 1.29 is 33.4 Å². The summed E-state index contributed by atoms with van der Waals surface area (Å²) in [6, 6.07) is 1.84. The summed E-state index contributed by atoms with van der Waals surface area (Å²) in [7, 11) is 1.35. The number of hydrogen-bond acceptors (Lipinski definition) is 7. The Morgan fingerprint density at radius 2 is 1.97 bits per heavy atom. The Hall–Kier alpha value is -2.41. The van der Waals surface area contributed by atoms with E-state index in [-0.39, 0.29) is 42.4 Å². The Morgan fingerprint density at radius 3 is 2.62 bits per heavy atom. The van der Waals surface area contributed by atoms with E-state index in [1.54, 1.807) is 12.5 Å². The first-order chi connectivity index (χ1) is 16.0. The maximum absolute atomic E-state index is 13.9. The normalized spacial score (nSPS) is 40.8. The summed E-state index contributed by atoms with van der Waals surface area (Å²) in [6.07, 6.45) is 4.09. The lowest BCUT2D eigenvalue weighted by Gasteiger charge is -2.63. The Morgan fingerprint density at radius 1 is 1.24 bits per heavy atom. The number of Topliss-reactive ketones (excluding diaryl/α,β-unsaturated/α-hetero) is 1. The van der Waals surface area contributed by atoms with Crippen LogP contribution in [0.5, 0.6) is 0 Å². The maximum Gasteiger partial charge on any atom is 0.310 e. The molecule has 1 aliphatic heterocycles. The fraction of sp³-hybridized carbons (Fsp3) is 0.667. The molecule has 4 aliphatic rings. The van der Waals surface area contributed by atoms with E-state index in [2.05, 4.69) is 6.92 Å². The van der Waals surface area contributed by atoms with Gasteiger partial charge in [0, 0.05) is 28.7 Å². The first-order valence-corrected chi connectivity index (χ1v) is 12.2. The fourth-order valence-electron chi connectivity index (χ4n) is 7.98. The minimum Gasteiger partial charge on any atom is -0.472 e. The smallest absolute Gasteiger partial charge is 0.310 e. The largest absolute Gasteiger partial charge is 0.472 e. The third-order valence-electron chi connectivity index (χ3n) is 9.84. The van der Waals surface area contributed by atoms with E-state index < -0.39 is 34.4 Å². The number of cyclic esters (lactones) is 1. The molecule has 34 heavy (non-hydrogen) atoms. The number of esters is 2. The van der Waals surface area contributed by atoms with Gasteiger partial charge in [0.1, 0.15) is 11.9 Å². The molecule has 1 N–H and O–H groups in total. The zero-order valence-electron chi connectivity index (χ0n) is 20.6. The van der Waals surface area contributed by atoms with E-state index >= 15 is 0 Å². The molecule has 5 rings (SSSR count). The second kappa shape index (κ2) is 7.54. The van der Waals surface area contributed by atoms with Crippen LogP contribution in [0.25, 0.3) is 0 Å². The molecular formula is C27H34O7. The van der Waals surface area contributed by atoms with Gasteiger partial charge in [0.15, 0.2) is 0 Å². The van der Waals surface area contributed by atoms with Gasteiger partial charge in [0.2, 0.25) is 0 Å². The number of furan rings is 1. The first kappa shape index (κ1) is 23.3. The Kier molecular flexibility index (Phi) is 5.18. The second-order valence-electron chi connectivity index (χ2n) is 11.7. The van der Waals surface area contributed by atoms with Crippen LogP contribution in [0.1, 0.15) is 71.5 Å². The maximum atomic E-state index is 13.9. The Bertz CT molecular complexity index is 1070. The number of allylic oxidation sites excluding steroid dienone is 1. The average molecular weight is 471 g/mol. The Balaban J connectivity index is 1.67. The van der Waals surface area contributed by atoms with Crippen molar-refractivity contribution in [1.29, 1.82) is 0 Å². The number of hydrogen-bond donors (Lipinski definition) is 1. The van der Waals surface area contributed by atoms with Crippen LogP contribution in [0.15, 0.2) is 34.2 Å². The molecule has 2 bridgehead atoms. The molecule has 2 saturated carbocycles. The molecule has 3 aliphatic carbocycles. The summed E-state index contributed by atoms with van der Waals surface area (Å²) in [5.41, 5.74) is 1.11. The second-order valence-corrected chi connectivity index (χ2v) is 11.7. The molecule has 1 aromatic rings. The van der Waals surface area contributed by atoms with Crippen LogP contribution in [-0.4, -0.2) is 36.0 Å². The van der Waals surface area contributed by atoms with Crippen molar-refractivity contribution in [2.45, 2.75) is 72.0 Å². The third kappa shape index (κ3) is 2.95. The highest BCUT2D eigenvalue weighted by atomic mass is 16.5. The van der Waals surface area contributed by atoms with Gasteiger partial charge in [0.25, 0.3) is 0 Å². The summed E-state index contributed by atoms with van der Waals surface area (Å²) < 4.78 is 16.1. The summed E-state index contributed by atoms with van der Waals surface area (Å²) in [5, 5.41) is 11.4. The standard InChI is InChI=1S/C27H34O7/c1-25(2)19(12-20(28)32-5)27(4)17-6-8-26(3)18(15(17)10-16(22(25)30)23(27)31)11-21(29)34-24(26)14-7-9-33-13-14/h7,9,13,16-17,19,22,24,30H,6,8,10-12H2,1-5H3/t16-,17+,19+,22+,24-,26+,27+/m0/s1. The third-order valence-corrected chi connectivity index (χ3v) is 9.84. The molecule has 1 aromatic heterocycles. The zero-order valence-corrected chi connectivity index (χ0v) is 20.6.